The van der Waals surface area contributed by atoms with Crippen LogP contribution in [0.5, 0.6) is 5.75 Å². The van der Waals surface area contributed by atoms with Gasteiger partial charge < -0.3 is 9.64 Å². The van der Waals surface area contributed by atoms with Crippen LogP contribution in [-0.4, -0.2) is 39.9 Å². The normalized spacial score (nSPS) is 17.2. The van der Waals surface area contributed by atoms with Crippen molar-refractivity contribution in [3.63, 3.8) is 0 Å². The zero-order chi connectivity index (χ0) is 21.1. The molecule has 9 heteroatoms. The van der Waals surface area contributed by atoms with Crippen molar-refractivity contribution in [2.75, 3.05) is 18.0 Å². The Morgan fingerprint density at radius 1 is 1.37 bits per heavy atom. The minimum atomic E-state index is -0.494. The predicted octanol–water partition coefficient (Wildman–Crippen LogP) is 4.76. The molecule has 1 fully saturated rings. The molecule has 1 aliphatic heterocycles. The van der Waals surface area contributed by atoms with Gasteiger partial charge in [0.15, 0.2) is 17.4 Å². The van der Waals surface area contributed by atoms with E-state index in [9.17, 15) is 9.18 Å². The first-order valence-electron chi connectivity index (χ1n) is 9.61. The van der Waals surface area contributed by atoms with Gasteiger partial charge in [0, 0.05) is 25.6 Å². The summed E-state index contributed by atoms with van der Waals surface area (Å²) in [6.07, 6.45) is 3.81. The lowest BCUT2D eigenvalue weighted by atomic mass is 9.95. The third-order valence-corrected chi connectivity index (χ3v) is 6.09. The van der Waals surface area contributed by atoms with Gasteiger partial charge in [-0.1, -0.05) is 19.1 Å². The molecule has 1 aliphatic rings. The van der Waals surface area contributed by atoms with Gasteiger partial charge in [-0.25, -0.2) is 9.37 Å². The van der Waals surface area contributed by atoms with E-state index in [0.717, 1.165) is 23.9 Å². The molecule has 4 rings (SSSR count). The van der Waals surface area contributed by atoms with Crippen LogP contribution in [0.4, 0.5) is 10.2 Å². The summed E-state index contributed by atoms with van der Waals surface area (Å²) >= 11 is 7.16. The highest BCUT2D eigenvalue weighted by Gasteiger charge is 2.27. The monoisotopic (exact) mass is 446 g/mol. The van der Waals surface area contributed by atoms with Gasteiger partial charge in [0.25, 0.3) is 0 Å². The van der Waals surface area contributed by atoms with E-state index < -0.39 is 5.82 Å². The van der Waals surface area contributed by atoms with E-state index >= 15 is 0 Å². The van der Waals surface area contributed by atoms with Crippen LogP contribution in [0.3, 0.4) is 0 Å². The SMILES string of the molecule is C[C@H](CC(=O)c1cncs1)c1ccc(O[C@@H]2CCN(c3nc(Cl)ncc3F)C2)cc1. The maximum atomic E-state index is 14.0. The number of hydrogen-bond acceptors (Lipinski definition) is 7. The third kappa shape index (κ3) is 4.76. The number of aromatic nitrogens is 3. The zero-order valence-corrected chi connectivity index (χ0v) is 17.9. The highest BCUT2D eigenvalue weighted by atomic mass is 35.5. The summed E-state index contributed by atoms with van der Waals surface area (Å²) in [5, 5.41) is 0.0225. The molecule has 0 N–H and O–H groups in total. The number of carbonyl (C=O) groups excluding carboxylic acids is 1. The number of carbonyl (C=O) groups is 1. The lowest BCUT2D eigenvalue weighted by molar-refractivity contribution is 0.0979. The molecule has 0 aliphatic carbocycles. The van der Waals surface area contributed by atoms with Crippen LogP contribution >= 0.6 is 22.9 Å². The van der Waals surface area contributed by atoms with Gasteiger partial charge in [-0.15, -0.1) is 11.3 Å². The molecule has 156 valence electrons. The van der Waals surface area contributed by atoms with Crippen LogP contribution in [0.1, 0.15) is 40.9 Å². The zero-order valence-electron chi connectivity index (χ0n) is 16.3. The quantitative estimate of drug-likeness (QED) is 0.385. The maximum absolute atomic E-state index is 14.0. The first-order chi connectivity index (χ1) is 14.5. The molecular formula is C21H20ClFN4O2S. The Hall–Kier alpha value is -2.58. The van der Waals surface area contributed by atoms with Gasteiger partial charge in [0.05, 0.1) is 23.1 Å². The molecule has 30 heavy (non-hydrogen) atoms. The lowest BCUT2D eigenvalue weighted by Crippen LogP contribution is -2.26. The van der Waals surface area contributed by atoms with Gasteiger partial charge in [-0.2, -0.15) is 4.98 Å². The number of halogens is 2. The van der Waals surface area contributed by atoms with Gasteiger partial charge in [-0.3, -0.25) is 9.78 Å². The summed E-state index contributed by atoms with van der Waals surface area (Å²) in [7, 11) is 0. The second-order valence-electron chi connectivity index (χ2n) is 7.25. The van der Waals surface area contributed by atoms with Crippen molar-refractivity contribution in [1.82, 2.24) is 15.0 Å². The maximum Gasteiger partial charge on any atom is 0.224 e. The average molecular weight is 447 g/mol. The van der Waals surface area contributed by atoms with Crippen molar-refractivity contribution in [1.29, 1.82) is 0 Å². The molecule has 2 aromatic heterocycles. The number of nitrogens with zero attached hydrogens (tertiary/aromatic N) is 4. The molecule has 3 heterocycles. The smallest absolute Gasteiger partial charge is 0.224 e. The van der Waals surface area contributed by atoms with Gasteiger partial charge >= 0.3 is 0 Å². The summed E-state index contributed by atoms with van der Waals surface area (Å²) in [5.74, 6) is 0.657. The van der Waals surface area contributed by atoms with Gasteiger partial charge in [0.2, 0.25) is 5.28 Å². The molecular weight excluding hydrogens is 427 g/mol. The fraction of sp³-hybridized carbons (Fsp3) is 0.333. The molecule has 0 spiro atoms. The molecule has 1 aromatic carbocycles. The van der Waals surface area contributed by atoms with Gasteiger partial charge in [-0.05, 0) is 35.2 Å². The number of benzene rings is 1. The Kier molecular flexibility index (Phi) is 6.24. The van der Waals surface area contributed by atoms with E-state index in [0.29, 0.717) is 24.4 Å². The van der Waals surface area contributed by atoms with Crippen molar-refractivity contribution >= 4 is 34.5 Å². The van der Waals surface area contributed by atoms with Crippen molar-refractivity contribution in [3.8, 4) is 5.75 Å². The predicted molar refractivity (Wildman–Crippen MR) is 114 cm³/mol. The van der Waals surface area contributed by atoms with E-state index in [-0.39, 0.29) is 28.9 Å². The highest BCUT2D eigenvalue weighted by molar-refractivity contribution is 7.11. The van der Waals surface area contributed by atoms with Crippen molar-refractivity contribution in [2.24, 2.45) is 0 Å². The van der Waals surface area contributed by atoms with E-state index in [1.807, 2.05) is 36.1 Å². The van der Waals surface area contributed by atoms with Crippen LogP contribution in [-0.2, 0) is 0 Å². The second-order valence-corrected chi connectivity index (χ2v) is 8.47. The summed E-state index contributed by atoms with van der Waals surface area (Å²) in [6.45, 7) is 3.18. The number of rotatable bonds is 7. The number of thiazole rings is 1. The topological polar surface area (TPSA) is 68.2 Å². The third-order valence-electron chi connectivity index (χ3n) is 5.09. The number of Topliss-reactive ketones (excluding diaryl/α,β-unsaturated/α-hetero) is 1. The molecule has 2 atom stereocenters. The van der Waals surface area contributed by atoms with Gasteiger partial charge in [0.1, 0.15) is 11.9 Å². The summed E-state index contributed by atoms with van der Waals surface area (Å²) in [4.78, 5) is 26.4. The molecule has 0 saturated carbocycles. The number of hydrogen-bond donors (Lipinski definition) is 0. The molecule has 0 bridgehead atoms. The number of anilines is 1. The molecule has 0 unspecified atom stereocenters. The number of ketones is 1. The lowest BCUT2D eigenvalue weighted by Gasteiger charge is -2.18. The Labute approximate surface area is 182 Å². The fourth-order valence-electron chi connectivity index (χ4n) is 3.49. The summed E-state index contributed by atoms with van der Waals surface area (Å²) in [6, 6.07) is 7.79. The molecule has 1 saturated heterocycles. The van der Waals surface area contributed by atoms with Crippen molar-refractivity contribution < 1.29 is 13.9 Å². The molecule has 0 radical (unpaired) electrons. The minimum absolute atomic E-state index is 0.0225. The van der Waals surface area contributed by atoms with Crippen LogP contribution in [0.25, 0.3) is 0 Å². The minimum Gasteiger partial charge on any atom is -0.489 e. The molecule has 3 aromatic rings. The second kappa shape index (κ2) is 9.06. The van der Waals surface area contributed by atoms with Crippen LogP contribution in [0, 0.1) is 5.82 Å². The first kappa shape index (κ1) is 20.7. The highest BCUT2D eigenvalue weighted by Crippen LogP contribution is 2.27. The molecule has 6 nitrogen and oxygen atoms in total. The Balaban J connectivity index is 1.34. The van der Waals surface area contributed by atoms with E-state index in [1.54, 1.807) is 11.7 Å². The van der Waals surface area contributed by atoms with Crippen LogP contribution in [0.15, 0.2) is 42.2 Å². The Morgan fingerprint density at radius 2 is 2.17 bits per heavy atom. The Morgan fingerprint density at radius 3 is 2.90 bits per heavy atom. The average Bonchev–Trinajstić information content (AvgIpc) is 3.43. The van der Waals surface area contributed by atoms with Crippen molar-refractivity contribution in [3.05, 3.63) is 63.7 Å². The largest absolute Gasteiger partial charge is 0.489 e. The van der Waals surface area contributed by atoms with E-state index in [2.05, 4.69) is 15.0 Å². The van der Waals surface area contributed by atoms with E-state index in [1.165, 1.54) is 11.3 Å². The van der Waals surface area contributed by atoms with Crippen LogP contribution < -0.4 is 9.64 Å². The summed E-state index contributed by atoms with van der Waals surface area (Å²) < 4.78 is 20.0. The fourth-order valence-corrected chi connectivity index (χ4v) is 4.19. The molecule has 0 amide bonds. The first-order valence-corrected chi connectivity index (χ1v) is 10.9. The standard InChI is InChI=1S/C21H20ClFN4O2S/c1-13(8-18(28)19-10-24-12-30-19)14-2-4-15(5-3-14)29-16-6-7-27(11-16)20-17(23)9-25-21(22)26-20/h2-5,9-10,12-13,16H,6-8,11H2,1H3/t13-,16-/m1/s1. The Bertz CT molecular complexity index is 1020. The van der Waals surface area contributed by atoms with Crippen molar-refractivity contribution in [2.45, 2.75) is 31.8 Å². The van der Waals surface area contributed by atoms with E-state index in [4.69, 9.17) is 16.3 Å². The van der Waals surface area contributed by atoms with Crippen LogP contribution in [0.2, 0.25) is 5.28 Å². The number of ether oxygens (including phenoxy) is 1. The summed E-state index contributed by atoms with van der Waals surface area (Å²) in [5.41, 5.74) is 2.74.